The Bertz CT molecular complexity index is 5920. The lowest BCUT2D eigenvalue weighted by atomic mass is 9.96. The maximum atomic E-state index is 12.4. The van der Waals surface area contributed by atoms with Crippen LogP contribution in [-0.4, -0.2) is 155 Å². The average Bonchev–Trinajstić information content (AvgIpc) is 1.68. The molecule has 0 radical (unpaired) electrons. The summed E-state index contributed by atoms with van der Waals surface area (Å²) in [6, 6.07) is 36.2. The quantitative estimate of drug-likeness (QED) is 0.0253. The lowest BCUT2D eigenvalue weighted by molar-refractivity contribution is 0.300. The minimum atomic E-state index is -3.75. The summed E-state index contributed by atoms with van der Waals surface area (Å²) in [6.45, 7) is -1.12. The zero-order valence-electron chi connectivity index (χ0n) is 55.0. The molecule has 9 heterocycles. The van der Waals surface area contributed by atoms with E-state index in [1.54, 1.807) is 77.7 Å². The lowest BCUT2D eigenvalue weighted by Crippen LogP contribution is -2.26. The van der Waals surface area contributed by atoms with Gasteiger partial charge in [-0.15, -0.1) is 22.7 Å². The third-order valence-corrected chi connectivity index (χ3v) is 22.3. The summed E-state index contributed by atoms with van der Waals surface area (Å²) in [4.78, 5) is 36.3. The third-order valence-electron chi connectivity index (χ3n) is 16.3. The van der Waals surface area contributed by atoms with Crippen molar-refractivity contribution in [3.8, 4) is 0 Å². The second-order valence-electron chi connectivity index (χ2n) is 23.4. The summed E-state index contributed by atoms with van der Waals surface area (Å²) >= 11 is 3.20. The second-order valence-corrected chi connectivity index (χ2v) is 30.5. The topological polar surface area (TPSA) is 476 Å². The molecule has 1 saturated carbocycles. The van der Waals surface area contributed by atoms with Crippen LogP contribution in [0.2, 0.25) is 0 Å². The van der Waals surface area contributed by atoms with E-state index in [4.69, 9.17) is 24.8 Å². The Labute approximate surface area is 604 Å². The molecular weight excluding hydrogens is 1450 g/mol. The number of anilines is 12. The summed E-state index contributed by atoms with van der Waals surface area (Å²) in [5, 5.41) is 71.5. The van der Waals surface area contributed by atoms with E-state index in [0.29, 0.717) is 62.5 Å². The van der Waals surface area contributed by atoms with Gasteiger partial charge in [0, 0.05) is 59.1 Å². The first-order chi connectivity index (χ1) is 51.0. The van der Waals surface area contributed by atoms with Crippen LogP contribution < -0.4 is 46.1 Å². The fourth-order valence-corrected chi connectivity index (χ4v) is 15.7. The first kappa shape index (κ1) is 70.7. The third kappa shape index (κ3) is 16.7. The van der Waals surface area contributed by atoms with Gasteiger partial charge >= 0.3 is 0 Å². The van der Waals surface area contributed by atoms with Crippen molar-refractivity contribution in [2.75, 3.05) is 71.4 Å². The maximum Gasteiger partial charge on any atom is 0.264 e. The van der Waals surface area contributed by atoms with Crippen molar-refractivity contribution in [1.29, 1.82) is 0 Å². The molecule has 6 aromatic carbocycles. The molecule has 15 aromatic rings. The first-order valence-corrected chi connectivity index (χ1v) is 38.7. The summed E-state index contributed by atoms with van der Waals surface area (Å²) in [7, 11) is -11.2. The smallest absolute Gasteiger partial charge is 0.264 e. The number of sulfonamides is 3. The molecule has 39 heteroatoms. The van der Waals surface area contributed by atoms with Crippen molar-refractivity contribution in [2.45, 2.75) is 52.8 Å². The first-order valence-electron chi connectivity index (χ1n) is 32.5. The molecule has 0 unspecified atom stereocenters. The minimum Gasteiger partial charge on any atom is -0.395 e. The number of rotatable bonds is 25. The van der Waals surface area contributed by atoms with E-state index in [-0.39, 0.29) is 77.8 Å². The van der Waals surface area contributed by atoms with E-state index in [2.05, 4.69) is 118 Å². The van der Waals surface area contributed by atoms with Gasteiger partial charge in [0.2, 0.25) is 47.9 Å². The fourth-order valence-electron chi connectivity index (χ4n) is 11.2. The number of thiazole rings is 2. The van der Waals surface area contributed by atoms with Gasteiger partial charge in [0.15, 0.2) is 11.3 Å². The zero-order chi connectivity index (χ0) is 72.5. The number of fused-ring (bicyclic) bond motifs is 6. The highest BCUT2D eigenvalue weighted by atomic mass is 32.2. The highest BCUT2D eigenvalue weighted by Crippen LogP contribution is 2.36. The Morgan fingerprint density at radius 3 is 1.50 bits per heavy atom. The van der Waals surface area contributed by atoms with Crippen LogP contribution in [0.5, 0.6) is 0 Å². The molecule has 0 atom stereocenters. The number of aliphatic hydroxyl groups excluding tert-OH is 3. The molecule has 0 amide bonds. The number of nitrogens with zero attached hydrogens (tertiary/aromatic N) is 13. The summed E-state index contributed by atoms with van der Waals surface area (Å²) in [5.41, 5.74) is 12.5. The van der Waals surface area contributed by atoms with E-state index < -0.39 is 30.1 Å². The summed E-state index contributed by atoms with van der Waals surface area (Å²) in [5.74, 6) is 2.59. The number of hydrogen-bond donors (Lipinski definition) is 14. The average molecular weight is 1510 g/mol. The van der Waals surface area contributed by atoms with Gasteiger partial charge in [0.25, 0.3) is 5.71 Å². The normalized spacial score (nSPS) is 12.9. The van der Waals surface area contributed by atoms with Gasteiger partial charge in [-0.05, 0) is 140 Å². The van der Waals surface area contributed by atoms with Crippen LogP contribution in [0.3, 0.4) is 0 Å². The number of H-pyrrole nitrogens is 2. The van der Waals surface area contributed by atoms with Gasteiger partial charge in [-0.2, -0.15) is 45.2 Å². The van der Waals surface area contributed by atoms with Crippen molar-refractivity contribution in [2.24, 2.45) is 0 Å². The van der Waals surface area contributed by atoms with E-state index in [1.165, 1.54) is 49.0 Å². The molecule has 0 saturated heterocycles. The van der Waals surface area contributed by atoms with Crippen molar-refractivity contribution in [3.63, 3.8) is 0 Å². The Morgan fingerprint density at radius 1 is 0.467 bits per heavy atom. The molecule has 1 aliphatic carbocycles. The Kier molecular flexibility index (Phi) is 21.1. The second kappa shape index (κ2) is 31.3. The molecule has 14 N–H and O–H groups in total. The summed E-state index contributed by atoms with van der Waals surface area (Å²) in [6.07, 6.45) is 12.1. The molecule has 0 aliphatic heterocycles. The number of benzene rings is 6. The molecule has 538 valence electrons. The van der Waals surface area contributed by atoms with Crippen molar-refractivity contribution >= 4 is 187 Å². The van der Waals surface area contributed by atoms with Gasteiger partial charge in [-0.1, -0.05) is 24.4 Å². The fraction of sp³-hybridized carbons (Fsp3) is 0.182. The van der Waals surface area contributed by atoms with Gasteiger partial charge in [0.1, 0.15) is 22.8 Å². The number of aromatic nitrogens is 15. The molecule has 0 spiro atoms. The van der Waals surface area contributed by atoms with Crippen LogP contribution in [0, 0.1) is 0 Å². The number of aliphatic hydroxyl groups is 3. The van der Waals surface area contributed by atoms with Crippen LogP contribution in [0.15, 0.2) is 182 Å². The van der Waals surface area contributed by atoms with Crippen LogP contribution in [-0.2, 0) is 30.1 Å². The number of nitrogens with one attached hydrogen (secondary N) is 11. The van der Waals surface area contributed by atoms with E-state index in [9.17, 15) is 25.3 Å². The Hall–Kier alpha value is -11.4. The molecule has 16 rings (SSSR count). The molecule has 1 fully saturated rings. The molecule has 105 heavy (non-hydrogen) atoms. The maximum absolute atomic E-state index is 12.4. The van der Waals surface area contributed by atoms with Crippen molar-refractivity contribution < 1.29 is 45.1 Å². The highest BCUT2D eigenvalue weighted by molar-refractivity contribution is 7.90. The minimum absolute atomic E-state index is 0.0534. The Balaban J connectivity index is 0.000000135. The predicted octanol–water partition coefficient (Wildman–Crippen LogP) is 9.67. The monoisotopic (exact) mass is 1510 g/mol. The Morgan fingerprint density at radius 2 is 0.933 bits per heavy atom. The van der Waals surface area contributed by atoms with Gasteiger partial charge in [-0.3, -0.25) is 10.2 Å². The lowest BCUT2D eigenvalue weighted by Gasteiger charge is -2.22. The molecule has 1 aliphatic rings. The van der Waals surface area contributed by atoms with Crippen molar-refractivity contribution in [1.82, 2.24) is 89.4 Å². The largest absolute Gasteiger partial charge is 0.395 e. The van der Waals surface area contributed by atoms with Gasteiger partial charge < -0.3 is 51.7 Å². The van der Waals surface area contributed by atoms with Gasteiger partial charge in [-0.25, -0.2) is 54.1 Å². The zero-order valence-corrected chi connectivity index (χ0v) is 59.1. The van der Waals surface area contributed by atoms with Crippen LogP contribution >= 0.6 is 22.7 Å². The van der Waals surface area contributed by atoms with E-state index >= 15 is 0 Å². The van der Waals surface area contributed by atoms with Crippen LogP contribution in [0.25, 0.3) is 64.5 Å². The predicted molar refractivity (Wildman–Crippen MR) is 400 cm³/mol. The van der Waals surface area contributed by atoms with E-state index in [1.807, 2.05) is 64.2 Å². The molecular formula is C66H64N24O10S5. The van der Waals surface area contributed by atoms with Gasteiger partial charge in [0.05, 0.1) is 113 Å². The molecule has 34 nitrogen and oxygen atoms in total. The number of hydrogen-bond acceptors (Lipinski definition) is 30. The van der Waals surface area contributed by atoms with Crippen molar-refractivity contribution in [3.05, 3.63) is 163 Å². The summed E-state index contributed by atoms with van der Waals surface area (Å²) < 4.78 is 90.2. The molecule has 0 bridgehead atoms. The molecule has 9 aromatic heterocycles. The highest BCUT2D eigenvalue weighted by Gasteiger charge is 2.24. The number of aromatic amines is 2. The van der Waals surface area contributed by atoms with Crippen LogP contribution in [0.1, 0.15) is 38.1 Å². The van der Waals surface area contributed by atoms with E-state index in [0.717, 1.165) is 79.5 Å². The standard InChI is InChI=1S/C27H34N8O6S2.C20H18N8O4S.C19H12N8S2/c36-16-14-29-42(38,39)22-10-6-19(7-11-22)31-25-24-18-28-35(21-4-2-1-3-5-21)26(24)34-27(33-25)32-20-8-12-23(13-9-20)43(40,41)30-15-17-37;29-8-7-23-33(30,31)15-4-1-13(2-5-15)25-20-26-18(16-11-22-32-19(16)27-20)24-14-3-6-17-12(9-14)10-21-28-17;1-3-13-15(28-8-20-13)5-10(1)23-17-12-7-22-27-18(12)26-19(25-17)24-11-2-4-14-16(6-11)29-9-21-14/h6-13,18,21,29-30,36-37H,1-5,14-17H2,(H2,31,32,33,34);1-6,9-11,23,29H,7-8H2,(H,21,28)(H2,24,25,26,27);1-9H,(H3,22,23,24,25,26,27). The van der Waals surface area contributed by atoms with Crippen LogP contribution in [0.4, 0.5) is 69.4 Å². The SMILES string of the molecule is O=S(=O)(NCCO)c1ccc(Nc2nc(Nc3ccc(S(=O)(=O)NCCO)cc3)c3cnn(C4CCCCC4)c3n2)cc1.O=S(=O)(NCCO)c1ccc(Nc2nc(Nc3ccc4[nH]ncc4c3)c3cnoc3n2)cc1.c1nc2ccc(Nc3nc(Nc4ccc5ncsc5c4)c4cn[nH]c4n3)cc2s1.